The van der Waals surface area contributed by atoms with Crippen LogP contribution in [0.3, 0.4) is 0 Å². The smallest absolute Gasteiger partial charge is 0.347 e. The van der Waals surface area contributed by atoms with Crippen LogP contribution >= 0.6 is 11.6 Å². The molecule has 1 amide bonds. The van der Waals surface area contributed by atoms with Gasteiger partial charge in [0, 0.05) is 5.56 Å². The van der Waals surface area contributed by atoms with Crippen LogP contribution in [0.4, 0.5) is 5.69 Å². The summed E-state index contributed by atoms with van der Waals surface area (Å²) in [4.78, 5) is 23.7. The van der Waals surface area contributed by atoms with Crippen LogP contribution < -0.4 is 10.1 Å². The number of anilines is 1. The number of hydrogen-bond acceptors (Lipinski definition) is 4. The zero-order valence-electron chi connectivity index (χ0n) is 13.4. The Morgan fingerprint density at radius 2 is 1.79 bits per heavy atom. The largest absolute Gasteiger partial charge is 0.479 e. The number of esters is 1. The Morgan fingerprint density at radius 3 is 2.42 bits per heavy atom. The molecule has 0 spiro atoms. The van der Waals surface area contributed by atoms with E-state index < -0.39 is 12.1 Å². The van der Waals surface area contributed by atoms with E-state index in [1.54, 1.807) is 62.4 Å². The van der Waals surface area contributed by atoms with Gasteiger partial charge in [0.05, 0.1) is 17.3 Å². The molecule has 126 valence electrons. The van der Waals surface area contributed by atoms with Crippen molar-refractivity contribution in [1.82, 2.24) is 0 Å². The van der Waals surface area contributed by atoms with Gasteiger partial charge in [-0.3, -0.25) is 4.79 Å². The van der Waals surface area contributed by atoms with Crippen molar-refractivity contribution < 1.29 is 19.1 Å². The Bertz CT molecular complexity index is 715. The van der Waals surface area contributed by atoms with Gasteiger partial charge in [-0.05, 0) is 50.2 Å². The molecule has 0 saturated heterocycles. The van der Waals surface area contributed by atoms with Crippen LogP contribution in [-0.2, 0) is 9.53 Å². The molecule has 0 saturated carbocycles. The van der Waals surface area contributed by atoms with Crippen molar-refractivity contribution in [1.29, 1.82) is 0 Å². The van der Waals surface area contributed by atoms with Gasteiger partial charge in [0.2, 0.25) is 0 Å². The van der Waals surface area contributed by atoms with E-state index in [1.807, 2.05) is 0 Å². The minimum Gasteiger partial charge on any atom is -0.479 e. The van der Waals surface area contributed by atoms with E-state index in [1.165, 1.54) is 0 Å². The van der Waals surface area contributed by atoms with Crippen LogP contribution in [0.2, 0.25) is 5.02 Å². The molecule has 1 atom stereocenters. The maximum absolute atomic E-state index is 12.2. The lowest BCUT2D eigenvalue weighted by Crippen LogP contribution is -2.26. The lowest BCUT2D eigenvalue weighted by Gasteiger charge is -2.13. The van der Waals surface area contributed by atoms with E-state index in [-0.39, 0.29) is 5.91 Å². The number of hydrogen-bond donors (Lipinski definition) is 1. The van der Waals surface area contributed by atoms with E-state index >= 15 is 0 Å². The summed E-state index contributed by atoms with van der Waals surface area (Å²) in [5, 5.41) is 3.20. The SMILES string of the molecule is CCOC(=O)[C@@H](C)Oc1ccc(C(=O)Nc2ccccc2Cl)cc1. The molecule has 5 nitrogen and oxygen atoms in total. The normalized spacial score (nSPS) is 11.5. The molecule has 0 unspecified atom stereocenters. The third-order valence-electron chi connectivity index (χ3n) is 3.17. The highest BCUT2D eigenvalue weighted by Crippen LogP contribution is 2.22. The molecular formula is C18H18ClNO4. The topological polar surface area (TPSA) is 64.6 Å². The predicted octanol–water partition coefficient (Wildman–Crippen LogP) is 3.92. The minimum absolute atomic E-state index is 0.284. The van der Waals surface area contributed by atoms with Crippen LogP contribution in [0.1, 0.15) is 24.2 Å². The molecular weight excluding hydrogens is 330 g/mol. The van der Waals surface area contributed by atoms with Gasteiger partial charge in [0.25, 0.3) is 5.91 Å². The Morgan fingerprint density at radius 1 is 1.12 bits per heavy atom. The summed E-state index contributed by atoms with van der Waals surface area (Å²) in [6, 6.07) is 13.5. The summed E-state index contributed by atoms with van der Waals surface area (Å²) in [6.45, 7) is 3.64. The predicted molar refractivity (Wildman–Crippen MR) is 92.6 cm³/mol. The Kier molecular flexibility index (Phi) is 6.21. The molecule has 0 radical (unpaired) electrons. The zero-order chi connectivity index (χ0) is 17.5. The maximum Gasteiger partial charge on any atom is 0.347 e. The Balaban J connectivity index is 2.00. The zero-order valence-corrected chi connectivity index (χ0v) is 14.2. The summed E-state index contributed by atoms with van der Waals surface area (Å²) in [6.07, 6.45) is -0.715. The molecule has 1 N–H and O–H groups in total. The average Bonchev–Trinajstić information content (AvgIpc) is 2.57. The summed E-state index contributed by atoms with van der Waals surface area (Å²) in [5.41, 5.74) is 0.992. The van der Waals surface area contributed by atoms with Crippen molar-refractivity contribution in [2.24, 2.45) is 0 Å². The van der Waals surface area contributed by atoms with E-state index in [2.05, 4.69) is 5.32 Å². The highest BCUT2D eigenvalue weighted by molar-refractivity contribution is 6.33. The first kappa shape index (κ1) is 17.8. The van der Waals surface area contributed by atoms with Crippen LogP contribution in [0.15, 0.2) is 48.5 Å². The fraction of sp³-hybridized carbons (Fsp3) is 0.222. The number of para-hydroxylation sites is 1. The first-order valence-electron chi connectivity index (χ1n) is 7.50. The van der Waals surface area contributed by atoms with E-state index in [9.17, 15) is 9.59 Å². The Hall–Kier alpha value is -2.53. The molecule has 6 heteroatoms. The van der Waals surface area contributed by atoms with Gasteiger partial charge in [-0.1, -0.05) is 23.7 Å². The lowest BCUT2D eigenvalue weighted by molar-refractivity contribution is -0.150. The van der Waals surface area contributed by atoms with Crippen molar-refractivity contribution in [3.05, 3.63) is 59.1 Å². The summed E-state index contributed by atoms with van der Waals surface area (Å²) in [5.74, 6) is -0.240. The van der Waals surface area contributed by atoms with Gasteiger partial charge in [-0.2, -0.15) is 0 Å². The van der Waals surface area contributed by atoms with Gasteiger partial charge in [-0.15, -0.1) is 0 Å². The van der Waals surface area contributed by atoms with Crippen LogP contribution in [0, 0.1) is 0 Å². The average molecular weight is 348 g/mol. The number of ether oxygens (including phenoxy) is 2. The van der Waals surface area contributed by atoms with Crippen molar-refractivity contribution in [3.63, 3.8) is 0 Å². The Labute approximate surface area is 145 Å². The molecule has 2 aromatic rings. The molecule has 0 aliphatic carbocycles. The van der Waals surface area contributed by atoms with Gasteiger partial charge in [0.1, 0.15) is 5.75 Å². The number of benzene rings is 2. The first-order chi connectivity index (χ1) is 11.5. The molecule has 2 aromatic carbocycles. The summed E-state index contributed by atoms with van der Waals surface area (Å²) < 4.78 is 10.3. The number of halogens is 1. The molecule has 0 heterocycles. The van der Waals surface area contributed by atoms with Gasteiger partial charge < -0.3 is 14.8 Å². The molecule has 0 fully saturated rings. The standard InChI is InChI=1S/C18H18ClNO4/c1-3-23-18(22)12(2)24-14-10-8-13(9-11-14)17(21)20-16-7-5-4-6-15(16)19/h4-12H,3H2,1-2H3,(H,20,21)/t12-/m1/s1. The third kappa shape index (κ3) is 4.73. The second-order valence-electron chi connectivity index (χ2n) is 4.97. The van der Waals surface area contributed by atoms with Gasteiger partial charge >= 0.3 is 5.97 Å². The highest BCUT2D eigenvalue weighted by atomic mass is 35.5. The third-order valence-corrected chi connectivity index (χ3v) is 3.50. The van der Waals surface area contributed by atoms with Crippen molar-refractivity contribution >= 4 is 29.2 Å². The van der Waals surface area contributed by atoms with E-state index in [4.69, 9.17) is 21.1 Å². The summed E-state index contributed by atoms with van der Waals surface area (Å²) in [7, 11) is 0. The molecule has 0 bridgehead atoms. The van der Waals surface area contributed by atoms with Crippen molar-refractivity contribution in [3.8, 4) is 5.75 Å². The monoisotopic (exact) mass is 347 g/mol. The molecule has 24 heavy (non-hydrogen) atoms. The summed E-state index contributed by atoms with van der Waals surface area (Å²) >= 11 is 6.02. The molecule has 2 rings (SSSR count). The first-order valence-corrected chi connectivity index (χ1v) is 7.88. The quantitative estimate of drug-likeness (QED) is 0.804. The fourth-order valence-corrected chi connectivity index (χ4v) is 2.14. The number of amides is 1. The van der Waals surface area contributed by atoms with Gasteiger partial charge in [-0.25, -0.2) is 4.79 Å². The van der Waals surface area contributed by atoms with Crippen LogP contribution in [-0.4, -0.2) is 24.6 Å². The van der Waals surface area contributed by atoms with Crippen molar-refractivity contribution in [2.45, 2.75) is 20.0 Å². The second-order valence-corrected chi connectivity index (χ2v) is 5.38. The maximum atomic E-state index is 12.2. The minimum atomic E-state index is -0.715. The fourth-order valence-electron chi connectivity index (χ4n) is 1.95. The molecule has 0 aromatic heterocycles. The van der Waals surface area contributed by atoms with E-state index in [0.717, 1.165) is 0 Å². The number of rotatable bonds is 6. The van der Waals surface area contributed by atoms with Crippen molar-refractivity contribution in [2.75, 3.05) is 11.9 Å². The molecule has 0 aliphatic heterocycles. The lowest BCUT2D eigenvalue weighted by atomic mass is 10.2. The molecule has 0 aliphatic rings. The number of nitrogens with one attached hydrogen (secondary N) is 1. The van der Waals surface area contributed by atoms with Crippen LogP contribution in [0.5, 0.6) is 5.75 Å². The number of carbonyl (C=O) groups excluding carboxylic acids is 2. The number of carbonyl (C=O) groups is 2. The highest BCUT2D eigenvalue weighted by Gasteiger charge is 2.16. The van der Waals surface area contributed by atoms with Crippen LogP contribution in [0.25, 0.3) is 0 Å². The van der Waals surface area contributed by atoms with E-state index in [0.29, 0.717) is 28.6 Å². The van der Waals surface area contributed by atoms with Gasteiger partial charge in [0.15, 0.2) is 6.10 Å². The second kappa shape index (κ2) is 8.36.